The van der Waals surface area contributed by atoms with Crippen LogP contribution in [0, 0.1) is 0 Å². The smallest absolute Gasteiger partial charge is 0.255 e. The van der Waals surface area contributed by atoms with E-state index in [0.717, 1.165) is 0 Å². The van der Waals surface area contributed by atoms with Gasteiger partial charge < -0.3 is 19.5 Å². The summed E-state index contributed by atoms with van der Waals surface area (Å²) in [6.45, 7) is 1.40. The Bertz CT molecular complexity index is 1200. The van der Waals surface area contributed by atoms with E-state index in [9.17, 15) is 13.2 Å². The Morgan fingerprint density at radius 2 is 1.55 bits per heavy atom. The predicted octanol–water partition coefficient (Wildman–Crippen LogP) is 3.76. The molecule has 9 heteroatoms. The SMILES string of the molecule is COc1ccccc1Oc1ccc(NC(=O)c2ccc(S(=O)(=O)N3CCOCC3)cc2)cc1. The van der Waals surface area contributed by atoms with Crippen molar-refractivity contribution in [1.29, 1.82) is 0 Å². The molecule has 3 aromatic rings. The average Bonchev–Trinajstić information content (AvgIpc) is 2.86. The molecule has 1 aliphatic rings. The molecule has 3 aromatic carbocycles. The van der Waals surface area contributed by atoms with Crippen molar-refractivity contribution in [3.63, 3.8) is 0 Å². The van der Waals surface area contributed by atoms with Crippen LogP contribution in [0.1, 0.15) is 10.4 Å². The van der Waals surface area contributed by atoms with E-state index in [1.165, 1.54) is 28.6 Å². The molecule has 0 spiro atoms. The van der Waals surface area contributed by atoms with Crippen LogP contribution in [-0.4, -0.2) is 52.0 Å². The van der Waals surface area contributed by atoms with Crippen LogP contribution < -0.4 is 14.8 Å². The van der Waals surface area contributed by atoms with Gasteiger partial charge >= 0.3 is 0 Å². The number of morpholine rings is 1. The van der Waals surface area contributed by atoms with Gasteiger partial charge in [-0.05, 0) is 60.7 Å². The van der Waals surface area contributed by atoms with Crippen LogP contribution in [-0.2, 0) is 14.8 Å². The molecule has 0 unspecified atom stereocenters. The van der Waals surface area contributed by atoms with Crippen LogP contribution in [0.3, 0.4) is 0 Å². The monoisotopic (exact) mass is 468 g/mol. The average molecular weight is 469 g/mol. The number of nitrogens with zero attached hydrogens (tertiary/aromatic N) is 1. The zero-order chi connectivity index (χ0) is 23.3. The van der Waals surface area contributed by atoms with Gasteiger partial charge in [0.15, 0.2) is 11.5 Å². The Balaban J connectivity index is 1.40. The Morgan fingerprint density at radius 1 is 0.909 bits per heavy atom. The van der Waals surface area contributed by atoms with Gasteiger partial charge in [-0.15, -0.1) is 0 Å². The molecular weight excluding hydrogens is 444 g/mol. The maximum atomic E-state index is 12.7. The number of carbonyl (C=O) groups excluding carboxylic acids is 1. The van der Waals surface area contributed by atoms with Gasteiger partial charge in [0, 0.05) is 24.3 Å². The number of amides is 1. The molecule has 1 N–H and O–H groups in total. The van der Waals surface area contributed by atoms with Gasteiger partial charge in [0.25, 0.3) is 5.91 Å². The van der Waals surface area contributed by atoms with Crippen molar-refractivity contribution in [3.8, 4) is 17.2 Å². The number of benzene rings is 3. The van der Waals surface area contributed by atoms with Crippen LogP contribution in [0.5, 0.6) is 17.2 Å². The van der Waals surface area contributed by atoms with E-state index < -0.39 is 10.0 Å². The molecule has 1 aliphatic heterocycles. The highest BCUT2D eigenvalue weighted by Crippen LogP contribution is 2.31. The first-order valence-corrected chi connectivity index (χ1v) is 11.8. The van der Waals surface area contributed by atoms with Crippen molar-refractivity contribution in [3.05, 3.63) is 78.4 Å². The van der Waals surface area contributed by atoms with Crippen LogP contribution in [0.25, 0.3) is 0 Å². The van der Waals surface area contributed by atoms with Crippen molar-refractivity contribution < 1.29 is 27.4 Å². The molecule has 33 heavy (non-hydrogen) atoms. The van der Waals surface area contributed by atoms with Gasteiger partial charge in [-0.25, -0.2) is 8.42 Å². The number of para-hydroxylation sites is 2. The Kier molecular flexibility index (Phi) is 6.93. The second-order valence-corrected chi connectivity index (χ2v) is 9.21. The van der Waals surface area contributed by atoms with Crippen molar-refractivity contribution in [2.45, 2.75) is 4.90 Å². The molecule has 172 valence electrons. The molecule has 1 saturated heterocycles. The molecule has 0 aromatic heterocycles. The third-order valence-corrected chi connectivity index (χ3v) is 7.05. The summed E-state index contributed by atoms with van der Waals surface area (Å²) in [5.41, 5.74) is 0.933. The largest absolute Gasteiger partial charge is 0.493 e. The fourth-order valence-electron chi connectivity index (χ4n) is 3.35. The lowest BCUT2D eigenvalue weighted by molar-refractivity contribution is 0.0730. The standard InChI is InChI=1S/C24H24N2O6S/c1-30-22-4-2-3-5-23(22)32-20-10-8-19(9-11-20)25-24(27)18-6-12-21(13-7-18)33(28,29)26-14-16-31-17-15-26/h2-13H,14-17H2,1H3,(H,25,27). The zero-order valence-electron chi connectivity index (χ0n) is 18.1. The normalized spacial score (nSPS) is 14.5. The van der Waals surface area contributed by atoms with E-state index in [1.54, 1.807) is 43.5 Å². The van der Waals surface area contributed by atoms with Crippen LogP contribution in [0.15, 0.2) is 77.7 Å². The maximum Gasteiger partial charge on any atom is 0.255 e. The fraction of sp³-hybridized carbons (Fsp3) is 0.208. The summed E-state index contributed by atoms with van der Waals surface area (Å²) < 4.78 is 43.1. The first-order valence-electron chi connectivity index (χ1n) is 10.4. The quantitative estimate of drug-likeness (QED) is 0.568. The third-order valence-electron chi connectivity index (χ3n) is 5.13. The Hall–Kier alpha value is -3.40. The van der Waals surface area contributed by atoms with Gasteiger partial charge in [-0.1, -0.05) is 12.1 Å². The minimum Gasteiger partial charge on any atom is -0.493 e. The molecule has 0 aliphatic carbocycles. The van der Waals surface area contributed by atoms with Crippen LogP contribution in [0.4, 0.5) is 5.69 Å². The van der Waals surface area contributed by atoms with E-state index in [2.05, 4.69) is 5.32 Å². The molecule has 1 heterocycles. The first kappa shape index (κ1) is 22.8. The highest BCUT2D eigenvalue weighted by atomic mass is 32.2. The van der Waals surface area contributed by atoms with Crippen molar-refractivity contribution in [1.82, 2.24) is 4.31 Å². The maximum absolute atomic E-state index is 12.7. The summed E-state index contributed by atoms with van der Waals surface area (Å²) >= 11 is 0. The number of rotatable bonds is 7. The second-order valence-electron chi connectivity index (χ2n) is 7.27. The molecule has 0 bridgehead atoms. The molecule has 4 rings (SSSR count). The van der Waals surface area contributed by atoms with Crippen molar-refractivity contribution in [2.24, 2.45) is 0 Å². The number of methoxy groups -OCH3 is 1. The fourth-order valence-corrected chi connectivity index (χ4v) is 4.76. The lowest BCUT2D eigenvalue weighted by atomic mass is 10.2. The van der Waals surface area contributed by atoms with Gasteiger partial charge in [-0.2, -0.15) is 4.31 Å². The lowest BCUT2D eigenvalue weighted by Gasteiger charge is -2.26. The number of hydrogen-bond donors (Lipinski definition) is 1. The molecule has 1 amide bonds. The van der Waals surface area contributed by atoms with Gasteiger partial charge in [0.1, 0.15) is 5.75 Å². The predicted molar refractivity (Wildman–Crippen MR) is 123 cm³/mol. The van der Waals surface area contributed by atoms with Gasteiger partial charge in [-0.3, -0.25) is 4.79 Å². The molecule has 8 nitrogen and oxygen atoms in total. The summed E-state index contributed by atoms with van der Waals surface area (Å²) in [7, 11) is -2.03. The van der Waals surface area contributed by atoms with E-state index in [4.69, 9.17) is 14.2 Å². The first-order chi connectivity index (χ1) is 16.0. The molecule has 0 saturated carbocycles. The van der Waals surface area contributed by atoms with Gasteiger partial charge in [0.2, 0.25) is 10.0 Å². The molecule has 1 fully saturated rings. The second kappa shape index (κ2) is 10.0. The van der Waals surface area contributed by atoms with Gasteiger partial charge in [0.05, 0.1) is 25.2 Å². The Labute approximate surface area is 192 Å². The van der Waals surface area contributed by atoms with Crippen molar-refractivity contribution in [2.75, 3.05) is 38.7 Å². The van der Waals surface area contributed by atoms with Crippen LogP contribution in [0.2, 0.25) is 0 Å². The number of anilines is 1. The number of hydrogen-bond acceptors (Lipinski definition) is 6. The van der Waals surface area contributed by atoms with Crippen LogP contribution >= 0.6 is 0 Å². The zero-order valence-corrected chi connectivity index (χ0v) is 18.9. The topological polar surface area (TPSA) is 94.2 Å². The summed E-state index contributed by atoms with van der Waals surface area (Å²) in [6.07, 6.45) is 0. The van der Waals surface area contributed by atoms with E-state index in [0.29, 0.717) is 54.8 Å². The number of nitrogens with one attached hydrogen (secondary N) is 1. The lowest BCUT2D eigenvalue weighted by Crippen LogP contribution is -2.40. The van der Waals surface area contributed by atoms with E-state index >= 15 is 0 Å². The highest BCUT2D eigenvalue weighted by molar-refractivity contribution is 7.89. The van der Waals surface area contributed by atoms with Crippen molar-refractivity contribution >= 4 is 21.6 Å². The third kappa shape index (κ3) is 5.33. The minimum atomic E-state index is -3.60. The molecule has 0 radical (unpaired) electrons. The number of sulfonamides is 1. The number of carbonyl (C=O) groups is 1. The summed E-state index contributed by atoms with van der Waals surface area (Å²) in [5.74, 6) is 1.46. The minimum absolute atomic E-state index is 0.152. The highest BCUT2D eigenvalue weighted by Gasteiger charge is 2.26. The molecular formula is C24H24N2O6S. The molecule has 0 atom stereocenters. The number of ether oxygens (including phenoxy) is 3. The van der Waals surface area contributed by atoms with E-state index in [1.807, 2.05) is 12.1 Å². The summed E-state index contributed by atoms with van der Waals surface area (Å²) in [5, 5.41) is 2.80. The van der Waals surface area contributed by atoms with E-state index in [-0.39, 0.29) is 10.8 Å². The summed E-state index contributed by atoms with van der Waals surface area (Å²) in [6, 6.07) is 20.1. The Morgan fingerprint density at radius 3 is 2.18 bits per heavy atom. The summed E-state index contributed by atoms with van der Waals surface area (Å²) in [4.78, 5) is 12.8.